The summed E-state index contributed by atoms with van der Waals surface area (Å²) < 4.78 is 54.9. The third-order valence-electron chi connectivity index (χ3n) is 1.97. The fourth-order valence-electron chi connectivity index (χ4n) is 1.14. The lowest BCUT2D eigenvalue weighted by Gasteiger charge is -2.10. The van der Waals surface area contributed by atoms with E-state index in [1.165, 1.54) is 0 Å². The summed E-state index contributed by atoms with van der Waals surface area (Å²) >= 11 is 0. The van der Waals surface area contributed by atoms with Crippen molar-refractivity contribution in [2.24, 2.45) is 0 Å². The zero-order chi connectivity index (χ0) is 12.2. The second-order valence-electron chi connectivity index (χ2n) is 3.38. The average Bonchev–Trinajstić information content (AvgIpc) is 2.16. The van der Waals surface area contributed by atoms with Crippen molar-refractivity contribution in [1.82, 2.24) is 0 Å². The Bertz CT molecular complexity index is 346. The van der Waals surface area contributed by atoms with Crippen molar-refractivity contribution in [3.05, 3.63) is 29.6 Å². The molecule has 1 aromatic rings. The number of rotatable bonds is 4. The second kappa shape index (κ2) is 5.18. The number of benzene rings is 1. The highest BCUT2D eigenvalue weighted by Gasteiger charge is 2.31. The lowest BCUT2D eigenvalue weighted by atomic mass is 10.2. The molecular weight excluding hydrogens is 224 g/mol. The van der Waals surface area contributed by atoms with Crippen molar-refractivity contribution in [3.8, 4) is 5.75 Å². The first-order valence-electron chi connectivity index (χ1n) is 4.94. The highest BCUT2D eigenvalue weighted by atomic mass is 19.4. The average molecular weight is 236 g/mol. The number of halogens is 4. The molecule has 0 aliphatic rings. The Morgan fingerprint density at radius 3 is 2.44 bits per heavy atom. The molecule has 0 N–H and O–H groups in total. The van der Waals surface area contributed by atoms with Gasteiger partial charge in [-0.25, -0.2) is 4.39 Å². The van der Waals surface area contributed by atoms with Crippen molar-refractivity contribution in [3.63, 3.8) is 0 Å². The van der Waals surface area contributed by atoms with E-state index in [2.05, 4.69) is 0 Å². The summed E-state index contributed by atoms with van der Waals surface area (Å²) in [4.78, 5) is 0. The fourth-order valence-corrected chi connectivity index (χ4v) is 1.14. The van der Waals surface area contributed by atoms with Gasteiger partial charge in [0.05, 0.1) is 12.2 Å². The Morgan fingerprint density at radius 1 is 1.19 bits per heavy atom. The molecule has 0 saturated carbocycles. The minimum absolute atomic E-state index is 0.0826. The number of hydrogen-bond acceptors (Lipinski definition) is 1. The minimum Gasteiger partial charge on any atom is -0.493 e. The summed E-state index contributed by atoms with van der Waals surface area (Å²) in [5.74, 6) is -1.03. The van der Waals surface area contributed by atoms with E-state index in [0.717, 1.165) is 25.0 Å². The summed E-state index contributed by atoms with van der Waals surface area (Å²) in [5.41, 5.74) is -1.03. The summed E-state index contributed by atoms with van der Waals surface area (Å²) in [6.45, 7) is 2.22. The van der Waals surface area contributed by atoms with Gasteiger partial charge < -0.3 is 4.74 Å². The molecule has 0 radical (unpaired) electrons. The molecule has 5 heteroatoms. The van der Waals surface area contributed by atoms with E-state index in [4.69, 9.17) is 4.74 Å². The Kier molecular flexibility index (Phi) is 4.15. The van der Waals surface area contributed by atoms with Gasteiger partial charge in [0.15, 0.2) is 0 Å². The largest absolute Gasteiger partial charge is 0.493 e. The molecule has 0 atom stereocenters. The van der Waals surface area contributed by atoms with Crippen LogP contribution in [0.3, 0.4) is 0 Å². The van der Waals surface area contributed by atoms with Crippen LogP contribution < -0.4 is 4.74 Å². The van der Waals surface area contributed by atoms with Gasteiger partial charge in [-0.05, 0) is 18.6 Å². The van der Waals surface area contributed by atoms with Gasteiger partial charge in [-0.2, -0.15) is 13.2 Å². The lowest BCUT2D eigenvalue weighted by molar-refractivity contribution is -0.137. The first kappa shape index (κ1) is 12.8. The van der Waals surface area contributed by atoms with E-state index < -0.39 is 17.6 Å². The van der Waals surface area contributed by atoms with Crippen LogP contribution in [0.15, 0.2) is 18.2 Å². The van der Waals surface area contributed by atoms with Crippen LogP contribution >= 0.6 is 0 Å². The van der Waals surface area contributed by atoms with Gasteiger partial charge in [-0.3, -0.25) is 0 Å². The first-order valence-corrected chi connectivity index (χ1v) is 4.94. The maximum atomic E-state index is 12.9. The summed E-state index contributed by atoms with van der Waals surface area (Å²) in [5, 5.41) is 0. The van der Waals surface area contributed by atoms with Gasteiger partial charge in [0.2, 0.25) is 0 Å². The van der Waals surface area contributed by atoms with E-state index in [1.807, 2.05) is 6.92 Å². The minimum atomic E-state index is -4.55. The van der Waals surface area contributed by atoms with Crippen LogP contribution in [0.25, 0.3) is 0 Å². The Hall–Kier alpha value is -1.26. The molecule has 1 aromatic carbocycles. The van der Waals surface area contributed by atoms with Crippen molar-refractivity contribution in [1.29, 1.82) is 0 Å². The summed E-state index contributed by atoms with van der Waals surface area (Å²) in [6, 6.07) is 2.20. The zero-order valence-corrected chi connectivity index (χ0v) is 8.77. The van der Waals surface area contributed by atoms with Crippen LogP contribution in [0.4, 0.5) is 17.6 Å². The van der Waals surface area contributed by atoms with Crippen molar-refractivity contribution in [2.75, 3.05) is 6.61 Å². The van der Waals surface area contributed by atoms with Crippen LogP contribution in [0.1, 0.15) is 25.3 Å². The van der Waals surface area contributed by atoms with Gasteiger partial charge in [0.25, 0.3) is 0 Å². The van der Waals surface area contributed by atoms with Gasteiger partial charge >= 0.3 is 6.18 Å². The first-order chi connectivity index (χ1) is 7.43. The highest BCUT2D eigenvalue weighted by molar-refractivity contribution is 5.31. The molecular formula is C11H12F4O. The van der Waals surface area contributed by atoms with Gasteiger partial charge in [-0.1, -0.05) is 13.3 Å². The third-order valence-corrected chi connectivity index (χ3v) is 1.97. The molecule has 0 fully saturated rings. The molecule has 90 valence electrons. The molecule has 0 aromatic heterocycles. The maximum Gasteiger partial charge on any atom is 0.416 e. The van der Waals surface area contributed by atoms with Crippen LogP contribution in [-0.4, -0.2) is 6.61 Å². The molecule has 1 rings (SSSR count). The molecule has 0 aliphatic carbocycles. The summed E-state index contributed by atoms with van der Waals surface area (Å²) in [7, 11) is 0. The zero-order valence-electron chi connectivity index (χ0n) is 8.77. The summed E-state index contributed by atoms with van der Waals surface area (Å²) in [6.07, 6.45) is -2.97. The molecule has 0 aliphatic heterocycles. The molecule has 0 heterocycles. The Morgan fingerprint density at radius 2 is 1.88 bits per heavy atom. The highest BCUT2D eigenvalue weighted by Crippen LogP contribution is 2.32. The van der Waals surface area contributed by atoms with E-state index in [9.17, 15) is 17.6 Å². The van der Waals surface area contributed by atoms with Crippen molar-refractivity contribution in [2.45, 2.75) is 25.9 Å². The molecule has 0 saturated heterocycles. The molecule has 0 amide bonds. The quantitative estimate of drug-likeness (QED) is 0.566. The van der Waals surface area contributed by atoms with Crippen LogP contribution in [0.2, 0.25) is 0 Å². The second-order valence-corrected chi connectivity index (χ2v) is 3.38. The van der Waals surface area contributed by atoms with Gasteiger partial charge in [-0.15, -0.1) is 0 Å². The number of ether oxygens (including phenoxy) is 1. The van der Waals surface area contributed by atoms with Crippen LogP contribution in [0, 0.1) is 5.82 Å². The predicted molar refractivity (Wildman–Crippen MR) is 51.8 cm³/mol. The molecule has 0 unspecified atom stereocenters. The predicted octanol–water partition coefficient (Wildman–Crippen LogP) is 4.02. The third kappa shape index (κ3) is 3.72. The van der Waals surface area contributed by atoms with Crippen LogP contribution in [0.5, 0.6) is 5.75 Å². The van der Waals surface area contributed by atoms with E-state index in [1.54, 1.807) is 0 Å². The lowest BCUT2D eigenvalue weighted by Crippen LogP contribution is -2.06. The Labute approximate surface area is 91.0 Å². The molecule has 16 heavy (non-hydrogen) atoms. The monoisotopic (exact) mass is 236 g/mol. The van der Waals surface area contributed by atoms with Gasteiger partial charge in [0.1, 0.15) is 11.6 Å². The SMILES string of the molecule is CCCCOc1cc(F)cc(C(F)(F)F)c1. The van der Waals surface area contributed by atoms with Crippen LogP contribution in [-0.2, 0) is 6.18 Å². The standard InChI is InChI=1S/C11H12F4O/c1-2-3-4-16-10-6-8(11(13,14)15)5-9(12)7-10/h5-7H,2-4H2,1H3. The Balaban J connectivity index is 2.82. The van der Waals surface area contributed by atoms with Gasteiger partial charge in [0, 0.05) is 6.07 Å². The number of unbranched alkanes of at least 4 members (excludes halogenated alkanes) is 1. The fraction of sp³-hybridized carbons (Fsp3) is 0.455. The maximum absolute atomic E-state index is 12.9. The van der Waals surface area contributed by atoms with E-state index >= 15 is 0 Å². The van der Waals surface area contributed by atoms with E-state index in [0.29, 0.717) is 6.07 Å². The molecule has 1 nitrogen and oxygen atoms in total. The number of alkyl halides is 3. The normalized spacial score (nSPS) is 11.6. The molecule has 0 bridgehead atoms. The topological polar surface area (TPSA) is 9.23 Å². The van der Waals surface area contributed by atoms with Crippen molar-refractivity contribution >= 4 is 0 Å². The number of hydrogen-bond donors (Lipinski definition) is 0. The van der Waals surface area contributed by atoms with E-state index in [-0.39, 0.29) is 12.4 Å². The van der Waals surface area contributed by atoms with Crippen molar-refractivity contribution < 1.29 is 22.3 Å². The smallest absolute Gasteiger partial charge is 0.416 e. The molecule has 0 spiro atoms.